The third kappa shape index (κ3) is 6.61. The van der Waals surface area contributed by atoms with Crippen LogP contribution in [0, 0.1) is 0 Å². The molecule has 0 aliphatic carbocycles. The predicted molar refractivity (Wildman–Crippen MR) is 125 cm³/mol. The number of ether oxygens (including phenoxy) is 1. The minimum Gasteiger partial charge on any atom is -0.490 e. The number of rotatable bonds is 5. The van der Waals surface area contributed by atoms with Crippen molar-refractivity contribution in [2.45, 2.75) is 18.9 Å². The zero-order valence-electron chi connectivity index (χ0n) is 17.6. The molecule has 4 N–H and O–H groups in total. The number of hydrogen-bond acceptors (Lipinski definition) is 5. The van der Waals surface area contributed by atoms with Crippen molar-refractivity contribution in [2.75, 3.05) is 26.2 Å². The zero-order valence-corrected chi connectivity index (χ0v) is 19.1. The van der Waals surface area contributed by atoms with E-state index in [1.54, 1.807) is 0 Å². The van der Waals surface area contributed by atoms with Crippen LogP contribution >= 0.6 is 23.2 Å². The van der Waals surface area contributed by atoms with Gasteiger partial charge >= 0.3 is 11.9 Å². The Kier molecular flexibility index (Phi) is 8.57. The molecule has 2 heterocycles. The molecule has 3 aromatic rings. The topological polar surface area (TPSA) is 123 Å². The van der Waals surface area contributed by atoms with Gasteiger partial charge in [0, 0.05) is 36.7 Å². The highest BCUT2D eigenvalue weighted by Gasteiger charge is 2.20. The molecule has 0 amide bonds. The summed E-state index contributed by atoms with van der Waals surface area (Å²) in [5.74, 6) is -2.86. The summed E-state index contributed by atoms with van der Waals surface area (Å²) in [5.41, 5.74) is 3.41. The molecule has 33 heavy (non-hydrogen) atoms. The molecular weight excluding hydrogens is 471 g/mol. The Bertz CT molecular complexity index is 1120. The van der Waals surface area contributed by atoms with E-state index in [0.29, 0.717) is 16.6 Å². The molecule has 1 aromatic heterocycles. The van der Waals surface area contributed by atoms with Crippen molar-refractivity contribution in [1.82, 2.24) is 9.88 Å². The third-order valence-electron chi connectivity index (χ3n) is 5.31. The van der Waals surface area contributed by atoms with Crippen LogP contribution in [0.3, 0.4) is 0 Å². The minimum atomic E-state index is -1.82. The summed E-state index contributed by atoms with van der Waals surface area (Å²) in [7, 11) is 0. The van der Waals surface area contributed by atoms with Gasteiger partial charge in [0.2, 0.25) is 0 Å². The molecule has 10 heteroatoms. The van der Waals surface area contributed by atoms with Crippen molar-refractivity contribution in [1.29, 1.82) is 0 Å². The molecule has 2 aromatic carbocycles. The first-order valence-electron chi connectivity index (χ1n) is 10.3. The van der Waals surface area contributed by atoms with Crippen molar-refractivity contribution in [2.24, 2.45) is 0 Å². The molecule has 4 rings (SSSR count). The molecule has 176 valence electrons. The number of fused-ring (bicyclic) bond motifs is 2. The van der Waals surface area contributed by atoms with Gasteiger partial charge in [0.25, 0.3) is 0 Å². The second-order valence-electron chi connectivity index (χ2n) is 7.57. The van der Waals surface area contributed by atoms with Gasteiger partial charge in [-0.3, -0.25) is 4.90 Å². The lowest BCUT2D eigenvalue weighted by Gasteiger charge is -2.23. The summed E-state index contributed by atoms with van der Waals surface area (Å²) in [6, 6.07) is 11.8. The van der Waals surface area contributed by atoms with E-state index in [4.69, 9.17) is 47.7 Å². The standard InChI is InChI=1S/C21H22Cl2N2O2.C2H2O4/c22-18-5-4-14-7-10-25(11-8-16(14)21(18)23)12-15(26)13-27-20-3-1-2-19-17(20)6-9-24-19;3-1(4)2(5)6/h1-6,9,15,24,26H,7-8,10-13H2;(H,3,4)(H,5,6)/t15-;/m0./s1. The monoisotopic (exact) mass is 494 g/mol. The Morgan fingerprint density at radius 2 is 1.79 bits per heavy atom. The molecule has 0 saturated heterocycles. The predicted octanol–water partition coefficient (Wildman–Crippen LogP) is 3.47. The van der Waals surface area contributed by atoms with Gasteiger partial charge in [-0.15, -0.1) is 0 Å². The molecule has 0 fully saturated rings. The highest BCUT2D eigenvalue weighted by atomic mass is 35.5. The number of aliphatic carboxylic acids is 2. The van der Waals surface area contributed by atoms with Crippen molar-refractivity contribution >= 4 is 46.0 Å². The molecular formula is C23H24Cl2N2O6. The number of nitrogens with one attached hydrogen (secondary N) is 1. The van der Waals surface area contributed by atoms with E-state index in [2.05, 4.69) is 16.0 Å². The Balaban J connectivity index is 0.000000454. The van der Waals surface area contributed by atoms with E-state index >= 15 is 0 Å². The molecule has 0 radical (unpaired) electrons. The molecule has 0 bridgehead atoms. The summed E-state index contributed by atoms with van der Waals surface area (Å²) in [6.45, 7) is 2.57. The number of benzene rings is 2. The van der Waals surface area contributed by atoms with Crippen molar-refractivity contribution in [3.8, 4) is 5.75 Å². The van der Waals surface area contributed by atoms with Gasteiger partial charge in [-0.1, -0.05) is 35.3 Å². The van der Waals surface area contributed by atoms with Crippen molar-refractivity contribution in [3.05, 3.63) is 63.8 Å². The number of aliphatic hydroxyl groups is 1. The number of carboxylic acid groups (broad SMARTS) is 2. The Morgan fingerprint density at radius 1 is 1.06 bits per heavy atom. The average Bonchev–Trinajstić information content (AvgIpc) is 3.18. The fraction of sp³-hybridized carbons (Fsp3) is 0.304. The fourth-order valence-electron chi connectivity index (χ4n) is 3.70. The number of β-amino-alcohol motifs (C(OH)–C–C–N with tert-alkyl or cyclic N) is 1. The smallest absolute Gasteiger partial charge is 0.414 e. The van der Waals surface area contributed by atoms with Gasteiger partial charge < -0.3 is 25.0 Å². The van der Waals surface area contributed by atoms with Crippen LogP contribution in [0.1, 0.15) is 11.1 Å². The van der Waals surface area contributed by atoms with Gasteiger partial charge in [-0.2, -0.15) is 0 Å². The maximum atomic E-state index is 10.5. The van der Waals surface area contributed by atoms with Crippen molar-refractivity contribution < 1.29 is 29.6 Å². The number of H-pyrrole nitrogens is 1. The molecule has 0 saturated carbocycles. The third-order valence-corrected chi connectivity index (χ3v) is 6.15. The lowest BCUT2D eigenvalue weighted by atomic mass is 10.0. The van der Waals surface area contributed by atoms with Gasteiger partial charge in [0.05, 0.1) is 10.0 Å². The second kappa shape index (κ2) is 11.4. The summed E-state index contributed by atoms with van der Waals surface area (Å²) >= 11 is 12.5. The lowest BCUT2D eigenvalue weighted by Crippen LogP contribution is -2.37. The van der Waals surface area contributed by atoms with Crippen LogP contribution in [0.4, 0.5) is 0 Å². The Labute approximate surface area is 200 Å². The van der Waals surface area contributed by atoms with Crippen LogP contribution in [-0.2, 0) is 22.4 Å². The van der Waals surface area contributed by atoms with Crippen LogP contribution < -0.4 is 4.74 Å². The second-order valence-corrected chi connectivity index (χ2v) is 8.36. The zero-order chi connectivity index (χ0) is 24.0. The number of hydrogen-bond donors (Lipinski definition) is 4. The van der Waals surface area contributed by atoms with Gasteiger partial charge in [-0.05, 0) is 48.2 Å². The summed E-state index contributed by atoms with van der Waals surface area (Å²) in [4.78, 5) is 23.6. The molecule has 0 unspecified atom stereocenters. The number of aliphatic hydroxyl groups excluding tert-OH is 1. The normalized spacial score (nSPS) is 14.5. The largest absolute Gasteiger partial charge is 0.490 e. The van der Waals surface area contributed by atoms with E-state index in [1.807, 2.05) is 36.5 Å². The van der Waals surface area contributed by atoms with Gasteiger partial charge in [0.15, 0.2) is 0 Å². The molecule has 1 atom stereocenters. The van der Waals surface area contributed by atoms with Crippen molar-refractivity contribution in [3.63, 3.8) is 0 Å². The first kappa shape index (κ1) is 24.9. The highest BCUT2D eigenvalue weighted by Crippen LogP contribution is 2.31. The number of carbonyl (C=O) groups is 2. The Hall–Kier alpha value is -2.78. The maximum absolute atomic E-state index is 10.5. The number of carboxylic acids is 2. The van der Waals surface area contributed by atoms with E-state index < -0.39 is 18.0 Å². The number of aromatic amines is 1. The average molecular weight is 495 g/mol. The van der Waals surface area contributed by atoms with Crippen LogP contribution in [-0.4, -0.2) is 69.5 Å². The SMILES string of the molecule is O=C(O)C(=O)O.O[C@H](COc1cccc2[nH]ccc12)CN1CCc2ccc(Cl)c(Cl)c2CC1. The number of halogens is 2. The van der Waals surface area contributed by atoms with E-state index in [0.717, 1.165) is 48.1 Å². The molecule has 1 aliphatic heterocycles. The highest BCUT2D eigenvalue weighted by molar-refractivity contribution is 6.42. The van der Waals surface area contributed by atoms with Crippen LogP contribution in [0.15, 0.2) is 42.6 Å². The number of nitrogens with zero attached hydrogens (tertiary/aromatic N) is 1. The van der Waals surface area contributed by atoms with E-state index in [1.165, 1.54) is 5.56 Å². The molecule has 8 nitrogen and oxygen atoms in total. The summed E-state index contributed by atoms with van der Waals surface area (Å²) < 4.78 is 5.87. The maximum Gasteiger partial charge on any atom is 0.414 e. The molecule has 0 spiro atoms. The first-order chi connectivity index (χ1) is 15.8. The molecule has 1 aliphatic rings. The minimum absolute atomic E-state index is 0.264. The summed E-state index contributed by atoms with van der Waals surface area (Å²) in [5, 5.41) is 27.6. The van der Waals surface area contributed by atoms with Gasteiger partial charge in [-0.25, -0.2) is 9.59 Å². The quantitative estimate of drug-likeness (QED) is 0.400. The Morgan fingerprint density at radius 3 is 2.52 bits per heavy atom. The van der Waals surface area contributed by atoms with E-state index in [-0.39, 0.29) is 6.61 Å². The van der Waals surface area contributed by atoms with Gasteiger partial charge in [0.1, 0.15) is 18.5 Å². The number of aromatic nitrogens is 1. The van der Waals surface area contributed by atoms with Crippen LogP contribution in [0.25, 0.3) is 10.9 Å². The van der Waals surface area contributed by atoms with Crippen LogP contribution in [0.5, 0.6) is 5.75 Å². The first-order valence-corrected chi connectivity index (χ1v) is 11.0. The summed E-state index contributed by atoms with van der Waals surface area (Å²) in [6.07, 6.45) is 3.08. The van der Waals surface area contributed by atoms with E-state index in [9.17, 15) is 5.11 Å². The lowest BCUT2D eigenvalue weighted by molar-refractivity contribution is -0.159. The van der Waals surface area contributed by atoms with Crippen LogP contribution in [0.2, 0.25) is 10.0 Å². The fourth-order valence-corrected chi connectivity index (χ4v) is 4.16.